The van der Waals surface area contributed by atoms with Crippen molar-refractivity contribution < 1.29 is 9.47 Å². The maximum absolute atomic E-state index is 12.2. The Bertz CT molecular complexity index is 752. The molecule has 0 saturated heterocycles. The molecule has 0 aliphatic carbocycles. The van der Waals surface area contributed by atoms with Gasteiger partial charge in [0.1, 0.15) is 0 Å². The molecule has 0 fully saturated rings. The predicted octanol–water partition coefficient (Wildman–Crippen LogP) is -0.940. The fourth-order valence-corrected chi connectivity index (χ4v) is 2.19. The zero-order chi connectivity index (χ0) is 16.3. The topological polar surface area (TPSA) is 94.4 Å². The quantitative estimate of drug-likeness (QED) is 0.709. The Kier molecular flexibility index (Phi) is 4.99. The summed E-state index contributed by atoms with van der Waals surface area (Å²) < 4.78 is 12.6. The van der Waals surface area contributed by atoms with E-state index in [1.807, 2.05) is 4.90 Å². The van der Waals surface area contributed by atoms with Gasteiger partial charge in [-0.3, -0.25) is 13.9 Å². The van der Waals surface area contributed by atoms with E-state index < -0.39 is 11.2 Å². The molecule has 0 saturated carbocycles. The molecule has 2 heterocycles. The molecule has 0 radical (unpaired) electrons. The van der Waals surface area contributed by atoms with Gasteiger partial charge in [-0.2, -0.15) is 4.98 Å². The Labute approximate surface area is 127 Å². The molecule has 0 bridgehead atoms. The average molecular weight is 311 g/mol. The first-order valence-electron chi connectivity index (χ1n) is 6.89. The number of hydrogen-bond acceptors (Lipinski definition) is 6. The molecule has 0 aliphatic heterocycles. The molecule has 0 aromatic carbocycles. The van der Waals surface area contributed by atoms with Crippen molar-refractivity contribution >= 4 is 17.1 Å². The number of H-pyrrole nitrogens is 1. The average Bonchev–Trinajstić information content (AvgIpc) is 2.96. The van der Waals surface area contributed by atoms with Crippen LogP contribution in [0.2, 0.25) is 0 Å². The van der Waals surface area contributed by atoms with Crippen molar-refractivity contribution in [1.29, 1.82) is 0 Å². The first-order valence-corrected chi connectivity index (χ1v) is 6.89. The molecule has 0 atom stereocenters. The van der Waals surface area contributed by atoms with Gasteiger partial charge in [0.15, 0.2) is 11.2 Å². The molecule has 2 aromatic heterocycles. The summed E-state index contributed by atoms with van der Waals surface area (Å²) in [6, 6.07) is 0. The second-order valence-corrected chi connectivity index (χ2v) is 4.94. The molecule has 0 aliphatic rings. The summed E-state index contributed by atoms with van der Waals surface area (Å²) in [5.41, 5.74) is -0.159. The summed E-state index contributed by atoms with van der Waals surface area (Å²) in [4.78, 5) is 33.4. The van der Waals surface area contributed by atoms with Gasteiger partial charge in [0.05, 0.1) is 13.2 Å². The second-order valence-electron chi connectivity index (χ2n) is 4.94. The summed E-state index contributed by atoms with van der Waals surface area (Å²) in [7, 11) is 6.26. The van der Waals surface area contributed by atoms with E-state index in [9.17, 15) is 9.59 Å². The molecule has 9 heteroatoms. The third kappa shape index (κ3) is 2.90. The minimum atomic E-state index is -0.407. The lowest BCUT2D eigenvalue weighted by Gasteiger charge is -2.20. The summed E-state index contributed by atoms with van der Waals surface area (Å²) in [5, 5.41) is 0. The van der Waals surface area contributed by atoms with Gasteiger partial charge in [-0.15, -0.1) is 0 Å². The van der Waals surface area contributed by atoms with Gasteiger partial charge in [0.25, 0.3) is 5.56 Å². The van der Waals surface area contributed by atoms with Crippen molar-refractivity contribution in [2.45, 2.75) is 0 Å². The van der Waals surface area contributed by atoms with Crippen molar-refractivity contribution in [3.05, 3.63) is 20.8 Å². The van der Waals surface area contributed by atoms with Gasteiger partial charge in [-0.25, -0.2) is 4.79 Å². The third-order valence-electron chi connectivity index (χ3n) is 3.51. The van der Waals surface area contributed by atoms with Crippen molar-refractivity contribution in [3.63, 3.8) is 0 Å². The zero-order valence-corrected chi connectivity index (χ0v) is 13.3. The van der Waals surface area contributed by atoms with Crippen LogP contribution in [0.15, 0.2) is 9.59 Å². The van der Waals surface area contributed by atoms with Crippen molar-refractivity contribution in [2.75, 3.05) is 45.4 Å². The van der Waals surface area contributed by atoms with Crippen molar-refractivity contribution in [1.82, 2.24) is 19.1 Å². The van der Waals surface area contributed by atoms with Crippen LogP contribution in [-0.4, -0.2) is 59.6 Å². The molecule has 22 heavy (non-hydrogen) atoms. The normalized spacial score (nSPS) is 11.3. The van der Waals surface area contributed by atoms with Crippen LogP contribution >= 0.6 is 0 Å². The van der Waals surface area contributed by atoms with Gasteiger partial charge < -0.3 is 19.4 Å². The molecule has 0 spiro atoms. The second kappa shape index (κ2) is 6.75. The number of aryl methyl sites for hydroxylation is 1. The minimum absolute atomic E-state index is 0.305. The van der Waals surface area contributed by atoms with E-state index >= 15 is 0 Å². The number of anilines is 1. The highest BCUT2D eigenvalue weighted by atomic mass is 16.5. The Morgan fingerprint density at radius 3 is 2.23 bits per heavy atom. The zero-order valence-electron chi connectivity index (χ0n) is 13.3. The summed E-state index contributed by atoms with van der Waals surface area (Å²) in [5.74, 6) is 0.516. The Balaban J connectivity index is 2.50. The maximum atomic E-state index is 12.2. The number of hydrogen-bond donors (Lipinski definition) is 1. The van der Waals surface area contributed by atoms with Gasteiger partial charge in [0, 0.05) is 41.4 Å². The Morgan fingerprint density at radius 2 is 1.68 bits per heavy atom. The van der Waals surface area contributed by atoms with Crippen LogP contribution in [0.3, 0.4) is 0 Å². The van der Waals surface area contributed by atoms with Crippen LogP contribution in [0.4, 0.5) is 5.95 Å². The van der Waals surface area contributed by atoms with Crippen LogP contribution in [0.5, 0.6) is 0 Å². The van der Waals surface area contributed by atoms with E-state index in [1.165, 1.54) is 11.6 Å². The number of imidazole rings is 1. The molecule has 9 nitrogen and oxygen atoms in total. The number of nitrogens with one attached hydrogen (secondary N) is 1. The Morgan fingerprint density at radius 1 is 1.09 bits per heavy atom. The number of fused-ring (bicyclic) bond motifs is 1. The molecular weight excluding hydrogens is 290 g/mol. The lowest BCUT2D eigenvalue weighted by atomic mass is 10.5. The largest absolute Gasteiger partial charge is 0.383 e. The fraction of sp³-hybridized carbons (Fsp3) is 0.615. The number of nitrogens with zero attached hydrogens (tertiary/aromatic N) is 4. The van der Waals surface area contributed by atoms with Crippen molar-refractivity contribution in [2.24, 2.45) is 14.1 Å². The Hall–Kier alpha value is -2.13. The molecule has 2 rings (SSSR count). The first kappa shape index (κ1) is 16.2. The minimum Gasteiger partial charge on any atom is -0.383 e. The number of aromatic amines is 1. The van der Waals surface area contributed by atoms with E-state index in [1.54, 1.807) is 21.3 Å². The van der Waals surface area contributed by atoms with E-state index in [-0.39, 0.29) is 0 Å². The van der Waals surface area contributed by atoms with Gasteiger partial charge >= 0.3 is 5.69 Å². The van der Waals surface area contributed by atoms with E-state index in [2.05, 4.69) is 9.97 Å². The van der Waals surface area contributed by atoms with Gasteiger partial charge in [-0.1, -0.05) is 0 Å². The van der Waals surface area contributed by atoms with E-state index in [0.29, 0.717) is 43.4 Å². The van der Waals surface area contributed by atoms with Crippen LogP contribution in [0, 0.1) is 0 Å². The SMILES string of the molecule is COCCN(CCOC)c1nc2c([nH]1)c(=O)n(C)c(=O)n2C. The lowest BCUT2D eigenvalue weighted by molar-refractivity contribution is 0.189. The monoisotopic (exact) mass is 311 g/mol. The van der Waals surface area contributed by atoms with Gasteiger partial charge in [-0.05, 0) is 0 Å². The molecule has 2 aromatic rings. The highest BCUT2D eigenvalue weighted by Crippen LogP contribution is 2.13. The molecule has 0 amide bonds. The standard InChI is InChI=1S/C13H21N5O4/c1-16-10-9(11(19)17(2)13(16)20)14-12(15-10)18(5-7-21-3)6-8-22-4/h5-8H2,1-4H3,(H,14,15). The van der Waals surface area contributed by atoms with Crippen LogP contribution in [0.25, 0.3) is 11.2 Å². The fourth-order valence-electron chi connectivity index (χ4n) is 2.19. The first-order chi connectivity index (χ1) is 10.5. The lowest BCUT2D eigenvalue weighted by Crippen LogP contribution is -2.36. The van der Waals surface area contributed by atoms with E-state index in [0.717, 1.165) is 4.57 Å². The van der Waals surface area contributed by atoms with E-state index in [4.69, 9.17) is 9.47 Å². The summed E-state index contributed by atoms with van der Waals surface area (Å²) >= 11 is 0. The van der Waals surface area contributed by atoms with Gasteiger partial charge in [0.2, 0.25) is 5.95 Å². The highest BCUT2D eigenvalue weighted by molar-refractivity contribution is 5.72. The molecule has 122 valence electrons. The molecule has 1 N–H and O–H groups in total. The maximum Gasteiger partial charge on any atom is 0.332 e. The molecule has 0 unspecified atom stereocenters. The summed E-state index contributed by atoms with van der Waals surface area (Å²) in [6.07, 6.45) is 0. The number of aromatic nitrogens is 4. The third-order valence-corrected chi connectivity index (χ3v) is 3.51. The number of rotatable bonds is 7. The smallest absolute Gasteiger partial charge is 0.332 e. The molecular formula is C13H21N5O4. The van der Waals surface area contributed by atoms with Crippen LogP contribution < -0.4 is 16.1 Å². The summed E-state index contributed by atoms with van der Waals surface area (Å²) in [6.45, 7) is 2.21. The highest BCUT2D eigenvalue weighted by Gasteiger charge is 2.17. The number of ether oxygens (including phenoxy) is 2. The van der Waals surface area contributed by atoms with Crippen LogP contribution in [-0.2, 0) is 23.6 Å². The number of methoxy groups -OCH3 is 2. The van der Waals surface area contributed by atoms with Crippen molar-refractivity contribution in [3.8, 4) is 0 Å². The predicted molar refractivity (Wildman–Crippen MR) is 82.5 cm³/mol. The van der Waals surface area contributed by atoms with Crippen LogP contribution in [0.1, 0.15) is 0 Å².